The van der Waals surface area contributed by atoms with Gasteiger partial charge in [-0.25, -0.2) is 9.97 Å². The summed E-state index contributed by atoms with van der Waals surface area (Å²) in [6, 6.07) is 1.63. The van der Waals surface area contributed by atoms with Crippen LogP contribution in [-0.4, -0.2) is 41.4 Å². The monoisotopic (exact) mass is 225 g/mol. The smallest absolute Gasteiger partial charge is 0.225 e. The maximum Gasteiger partial charge on any atom is 0.225 e. The van der Waals surface area contributed by atoms with Gasteiger partial charge in [-0.2, -0.15) is 11.8 Å². The molecule has 3 N–H and O–H groups in total. The van der Waals surface area contributed by atoms with Crippen molar-refractivity contribution in [1.82, 2.24) is 9.97 Å². The van der Waals surface area contributed by atoms with E-state index in [1.165, 1.54) is 0 Å². The molecule has 1 rings (SSSR count). The molecule has 0 aliphatic rings. The van der Waals surface area contributed by atoms with Crippen LogP contribution in [0.4, 0.5) is 5.95 Å². The van der Waals surface area contributed by atoms with Gasteiger partial charge in [0.05, 0.1) is 0 Å². The van der Waals surface area contributed by atoms with Crippen molar-refractivity contribution >= 4 is 23.5 Å². The van der Waals surface area contributed by atoms with Crippen LogP contribution >= 0.6 is 11.8 Å². The molecule has 1 heterocycles. The Labute approximate surface area is 93.6 Å². The van der Waals surface area contributed by atoms with Gasteiger partial charge >= 0.3 is 0 Å². The van der Waals surface area contributed by atoms with Crippen molar-refractivity contribution in [2.24, 2.45) is 5.73 Å². The van der Waals surface area contributed by atoms with Crippen LogP contribution in [0, 0.1) is 5.41 Å². The second-order valence-electron chi connectivity index (χ2n) is 3.07. The standard InChI is InChI=1S/C9H15N5S/c1-14(5-6-15-2)9-12-4-3-7(13-9)8(10)11/h3-4H,5-6H2,1-2H3,(H3,10,11). The summed E-state index contributed by atoms with van der Waals surface area (Å²) in [6.45, 7) is 0.878. The summed E-state index contributed by atoms with van der Waals surface area (Å²) in [6.07, 6.45) is 3.68. The number of thioether (sulfide) groups is 1. The lowest BCUT2D eigenvalue weighted by atomic mass is 10.4. The summed E-state index contributed by atoms with van der Waals surface area (Å²) in [5, 5.41) is 7.28. The molecule has 1 aromatic heterocycles. The average molecular weight is 225 g/mol. The van der Waals surface area contributed by atoms with E-state index >= 15 is 0 Å². The second-order valence-corrected chi connectivity index (χ2v) is 4.06. The molecule has 82 valence electrons. The van der Waals surface area contributed by atoms with Gasteiger partial charge in [0.25, 0.3) is 0 Å². The highest BCUT2D eigenvalue weighted by atomic mass is 32.2. The largest absolute Gasteiger partial charge is 0.382 e. The summed E-state index contributed by atoms with van der Waals surface area (Å²) in [7, 11) is 1.93. The first-order valence-corrected chi connectivity index (χ1v) is 5.92. The molecule has 0 spiro atoms. The summed E-state index contributed by atoms with van der Waals surface area (Å²) in [5.74, 6) is 1.60. The van der Waals surface area contributed by atoms with Gasteiger partial charge in [0, 0.05) is 25.5 Å². The Bertz CT molecular complexity index is 341. The SMILES string of the molecule is CSCCN(C)c1nccc(C(=N)N)n1. The molecule has 6 heteroatoms. The van der Waals surface area contributed by atoms with Crippen molar-refractivity contribution in [1.29, 1.82) is 5.41 Å². The van der Waals surface area contributed by atoms with Gasteiger partial charge in [-0.05, 0) is 12.3 Å². The molecule has 1 aromatic rings. The van der Waals surface area contributed by atoms with Crippen molar-refractivity contribution < 1.29 is 0 Å². The molecule has 0 saturated heterocycles. The molecule has 0 unspecified atom stereocenters. The number of anilines is 1. The summed E-state index contributed by atoms with van der Waals surface area (Å²) >= 11 is 1.77. The van der Waals surface area contributed by atoms with Gasteiger partial charge in [-0.3, -0.25) is 5.41 Å². The first-order valence-electron chi connectivity index (χ1n) is 4.52. The van der Waals surface area contributed by atoms with Crippen LogP contribution < -0.4 is 10.6 Å². The topological polar surface area (TPSA) is 78.9 Å². The van der Waals surface area contributed by atoms with E-state index in [1.54, 1.807) is 24.0 Å². The van der Waals surface area contributed by atoms with Crippen LogP contribution in [0.25, 0.3) is 0 Å². The molecule has 0 aromatic carbocycles. The van der Waals surface area contributed by atoms with E-state index in [9.17, 15) is 0 Å². The number of nitrogen functional groups attached to an aromatic ring is 1. The number of nitrogens with one attached hydrogen (secondary N) is 1. The fourth-order valence-corrected chi connectivity index (χ4v) is 1.47. The zero-order valence-electron chi connectivity index (χ0n) is 8.90. The van der Waals surface area contributed by atoms with E-state index in [4.69, 9.17) is 11.1 Å². The summed E-state index contributed by atoms with van der Waals surface area (Å²) < 4.78 is 0. The Hall–Kier alpha value is -1.30. The molecular weight excluding hydrogens is 210 g/mol. The van der Waals surface area contributed by atoms with Gasteiger partial charge in [-0.1, -0.05) is 0 Å². The predicted octanol–water partition coefficient (Wildman–Crippen LogP) is 0.560. The molecule has 0 radical (unpaired) electrons. The van der Waals surface area contributed by atoms with E-state index in [0.29, 0.717) is 11.6 Å². The van der Waals surface area contributed by atoms with Crippen LogP contribution in [0.3, 0.4) is 0 Å². The Morgan fingerprint density at radius 3 is 3.00 bits per heavy atom. The number of aromatic nitrogens is 2. The summed E-state index contributed by atoms with van der Waals surface area (Å²) in [5.41, 5.74) is 5.82. The third-order valence-corrected chi connectivity index (χ3v) is 2.48. The Morgan fingerprint density at radius 1 is 1.67 bits per heavy atom. The molecule has 5 nitrogen and oxygen atoms in total. The van der Waals surface area contributed by atoms with E-state index in [0.717, 1.165) is 12.3 Å². The minimum absolute atomic E-state index is 0.0306. The van der Waals surface area contributed by atoms with Crippen molar-refractivity contribution in [2.75, 3.05) is 30.5 Å². The van der Waals surface area contributed by atoms with E-state index in [-0.39, 0.29) is 5.84 Å². The molecule has 0 saturated carbocycles. The van der Waals surface area contributed by atoms with Crippen LogP contribution in [0.15, 0.2) is 12.3 Å². The number of nitrogens with zero attached hydrogens (tertiary/aromatic N) is 3. The van der Waals surface area contributed by atoms with Crippen LogP contribution in [0.5, 0.6) is 0 Å². The Balaban J connectivity index is 2.76. The van der Waals surface area contributed by atoms with E-state index < -0.39 is 0 Å². The number of amidine groups is 1. The first kappa shape index (κ1) is 11.8. The zero-order chi connectivity index (χ0) is 11.3. The number of rotatable bonds is 5. The van der Waals surface area contributed by atoms with Crippen LogP contribution in [0.2, 0.25) is 0 Å². The number of hydrogen-bond donors (Lipinski definition) is 2. The van der Waals surface area contributed by atoms with E-state index in [2.05, 4.69) is 16.2 Å². The van der Waals surface area contributed by atoms with Crippen LogP contribution in [0.1, 0.15) is 5.69 Å². The maximum absolute atomic E-state index is 7.28. The summed E-state index contributed by atoms with van der Waals surface area (Å²) in [4.78, 5) is 10.3. The molecule has 15 heavy (non-hydrogen) atoms. The van der Waals surface area contributed by atoms with E-state index in [1.807, 2.05) is 11.9 Å². The minimum atomic E-state index is -0.0306. The minimum Gasteiger partial charge on any atom is -0.382 e. The van der Waals surface area contributed by atoms with Crippen molar-refractivity contribution in [3.8, 4) is 0 Å². The third kappa shape index (κ3) is 3.39. The predicted molar refractivity (Wildman–Crippen MR) is 64.7 cm³/mol. The van der Waals surface area contributed by atoms with Crippen molar-refractivity contribution in [3.05, 3.63) is 18.0 Å². The normalized spacial score (nSPS) is 10.0. The fourth-order valence-electron chi connectivity index (χ4n) is 1.01. The second kappa shape index (κ2) is 5.55. The average Bonchev–Trinajstić information content (AvgIpc) is 2.26. The highest BCUT2D eigenvalue weighted by Gasteiger charge is 2.05. The highest BCUT2D eigenvalue weighted by molar-refractivity contribution is 7.98. The molecule has 0 fully saturated rings. The third-order valence-electron chi connectivity index (χ3n) is 1.89. The van der Waals surface area contributed by atoms with Crippen LogP contribution in [-0.2, 0) is 0 Å². The van der Waals surface area contributed by atoms with Gasteiger partial charge < -0.3 is 10.6 Å². The van der Waals surface area contributed by atoms with Gasteiger partial charge in [0.1, 0.15) is 11.5 Å². The Morgan fingerprint density at radius 2 is 2.40 bits per heavy atom. The van der Waals surface area contributed by atoms with Gasteiger partial charge in [0.2, 0.25) is 5.95 Å². The molecule has 0 atom stereocenters. The van der Waals surface area contributed by atoms with Crippen molar-refractivity contribution in [2.45, 2.75) is 0 Å². The number of hydrogen-bond acceptors (Lipinski definition) is 5. The molecule has 0 aliphatic carbocycles. The van der Waals surface area contributed by atoms with Gasteiger partial charge in [0.15, 0.2) is 0 Å². The first-order chi connectivity index (χ1) is 7.15. The fraction of sp³-hybridized carbons (Fsp3) is 0.444. The quantitative estimate of drug-likeness (QED) is 0.565. The molecular formula is C9H15N5S. The van der Waals surface area contributed by atoms with Gasteiger partial charge in [-0.15, -0.1) is 0 Å². The molecule has 0 bridgehead atoms. The highest BCUT2D eigenvalue weighted by Crippen LogP contribution is 2.06. The lowest BCUT2D eigenvalue weighted by Crippen LogP contribution is -2.24. The Kier molecular flexibility index (Phi) is 4.36. The number of nitrogens with two attached hydrogens (primary N) is 1. The maximum atomic E-state index is 7.28. The lowest BCUT2D eigenvalue weighted by Gasteiger charge is -2.16. The molecule has 0 aliphatic heterocycles. The van der Waals surface area contributed by atoms with Crippen molar-refractivity contribution in [3.63, 3.8) is 0 Å². The molecule has 0 amide bonds. The zero-order valence-corrected chi connectivity index (χ0v) is 9.71. The lowest BCUT2D eigenvalue weighted by molar-refractivity contribution is 0.904.